The van der Waals surface area contributed by atoms with E-state index in [1.54, 1.807) is 19.2 Å². The van der Waals surface area contributed by atoms with Crippen LogP contribution in [0.3, 0.4) is 0 Å². The van der Waals surface area contributed by atoms with Crippen molar-refractivity contribution in [3.63, 3.8) is 0 Å². The van der Waals surface area contributed by atoms with Crippen LogP contribution in [0.5, 0.6) is 0 Å². The van der Waals surface area contributed by atoms with Gasteiger partial charge in [0.15, 0.2) is 5.96 Å². The van der Waals surface area contributed by atoms with Crippen molar-refractivity contribution < 1.29 is 4.39 Å². The number of aliphatic imine (C=N–C) groups is 1. The van der Waals surface area contributed by atoms with Crippen molar-refractivity contribution in [3.05, 3.63) is 48.3 Å². The van der Waals surface area contributed by atoms with Gasteiger partial charge in [-0.25, -0.2) is 9.37 Å². The van der Waals surface area contributed by atoms with Crippen LogP contribution in [-0.4, -0.2) is 41.7 Å². The highest BCUT2D eigenvalue weighted by atomic mass is 127. The molecule has 1 saturated heterocycles. The zero-order valence-corrected chi connectivity index (χ0v) is 19.8. The first-order chi connectivity index (χ1) is 13.5. The zero-order chi connectivity index (χ0) is 19.9. The van der Waals surface area contributed by atoms with E-state index in [9.17, 15) is 4.39 Å². The molecule has 8 heteroatoms. The minimum atomic E-state index is -0.193. The van der Waals surface area contributed by atoms with E-state index in [1.165, 1.54) is 6.07 Å². The van der Waals surface area contributed by atoms with Crippen molar-refractivity contribution in [1.29, 1.82) is 0 Å². The molecule has 1 aromatic carbocycles. The van der Waals surface area contributed by atoms with Gasteiger partial charge in [0.05, 0.1) is 6.54 Å². The van der Waals surface area contributed by atoms with Crippen molar-refractivity contribution in [3.8, 4) is 0 Å². The molecule has 0 aliphatic carbocycles. The van der Waals surface area contributed by atoms with E-state index in [0.29, 0.717) is 12.5 Å². The lowest BCUT2D eigenvalue weighted by molar-refractivity contribution is 0.465. The molecule has 1 fully saturated rings. The first kappa shape index (κ1) is 23.4. The highest BCUT2D eigenvalue weighted by Crippen LogP contribution is 2.20. The Kier molecular flexibility index (Phi) is 9.19. The van der Waals surface area contributed by atoms with Crippen molar-refractivity contribution in [2.75, 3.05) is 25.0 Å². The fourth-order valence-electron chi connectivity index (χ4n) is 3.62. The Labute approximate surface area is 190 Å². The van der Waals surface area contributed by atoms with Crippen LogP contribution in [-0.2, 0) is 13.1 Å². The Morgan fingerprint density at radius 1 is 1.38 bits per heavy atom. The largest absolute Gasteiger partial charge is 0.369 e. The Bertz CT molecular complexity index is 791. The number of guanidine groups is 1. The molecule has 0 radical (unpaired) electrons. The SMILES string of the molecule is CN=C(NCc1nccn1CC(C)C)NC1CCCN(c2cccc(F)c2)C1.I. The molecule has 1 aliphatic rings. The second-order valence-electron chi connectivity index (χ2n) is 7.72. The van der Waals surface area contributed by atoms with E-state index in [-0.39, 0.29) is 35.8 Å². The number of imidazole rings is 1. The summed E-state index contributed by atoms with van der Waals surface area (Å²) in [6, 6.07) is 7.08. The number of hydrogen-bond donors (Lipinski definition) is 2. The smallest absolute Gasteiger partial charge is 0.191 e. The minimum absolute atomic E-state index is 0. The van der Waals surface area contributed by atoms with E-state index in [0.717, 1.165) is 49.9 Å². The fraction of sp³-hybridized carbons (Fsp3) is 0.524. The van der Waals surface area contributed by atoms with E-state index in [2.05, 4.69) is 43.9 Å². The standard InChI is InChI=1S/C21H31FN6.HI/c1-16(2)14-28-11-9-24-20(28)13-25-21(23-3)26-18-7-5-10-27(15-18)19-8-4-6-17(22)12-19;/h4,6,8-9,11-12,16,18H,5,7,10,13-15H2,1-3H3,(H2,23,25,26);1H. The third-order valence-corrected chi connectivity index (χ3v) is 4.94. The summed E-state index contributed by atoms with van der Waals surface area (Å²) in [5.41, 5.74) is 0.935. The number of benzene rings is 1. The maximum atomic E-state index is 13.6. The highest BCUT2D eigenvalue weighted by molar-refractivity contribution is 14.0. The molecular weight excluding hydrogens is 482 g/mol. The molecule has 6 nitrogen and oxygen atoms in total. The molecule has 1 atom stereocenters. The van der Waals surface area contributed by atoms with Crippen molar-refractivity contribution in [1.82, 2.24) is 20.2 Å². The molecule has 1 unspecified atom stereocenters. The van der Waals surface area contributed by atoms with Gasteiger partial charge in [-0.1, -0.05) is 19.9 Å². The lowest BCUT2D eigenvalue weighted by atomic mass is 10.0. The van der Waals surface area contributed by atoms with Gasteiger partial charge in [0.2, 0.25) is 0 Å². The molecule has 0 saturated carbocycles. The summed E-state index contributed by atoms with van der Waals surface area (Å²) >= 11 is 0. The monoisotopic (exact) mass is 514 g/mol. The van der Waals surface area contributed by atoms with E-state index in [4.69, 9.17) is 0 Å². The van der Waals surface area contributed by atoms with Crippen LogP contribution >= 0.6 is 24.0 Å². The average molecular weight is 514 g/mol. The number of halogens is 2. The van der Waals surface area contributed by atoms with Gasteiger partial charge in [-0.05, 0) is 37.0 Å². The van der Waals surface area contributed by atoms with E-state index >= 15 is 0 Å². The van der Waals surface area contributed by atoms with Gasteiger partial charge in [0.1, 0.15) is 11.6 Å². The first-order valence-electron chi connectivity index (χ1n) is 10.0. The molecule has 2 N–H and O–H groups in total. The van der Waals surface area contributed by atoms with Gasteiger partial charge in [0.25, 0.3) is 0 Å². The topological polar surface area (TPSA) is 57.5 Å². The van der Waals surface area contributed by atoms with Gasteiger partial charge in [-0.15, -0.1) is 24.0 Å². The maximum Gasteiger partial charge on any atom is 0.191 e. The van der Waals surface area contributed by atoms with Crippen molar-refractivity contribution in [2.45, 2.75) is 45.8 Å². The number of piperidine rings is 1. The summed E-state index contributed by atoms with van der Waals surface area (Å²) in [4.78, 5) is 11.0. The summed E-state index contributed by atoms with van der Waals surface area (Å²) in [5, 5.41) is 6.88. The van der Waals surface area contributed by atoms with Crippen LogP contribution in [0.1, 0.15) is 32.5 Å². The van der Waals surface area contributed by atoms with Crippen LogP contribution in [0.15, 0.2) is 41.7 Å². The maximum absolute atomic E-state index is 13.6. The molecule has 0 amide bonds. The van der Waals surface area contributed by atoms with Gasteiger partial charge >= 0.3 is 0 Å². The Balaban J connectivity index is 0.00000300. The molecular formula is C21H32FIN6. The molecule has 0 spiro atoms. The number of nitrogens with zero attached hydrogens (tertiary/aromatic N) is 4. The quantitative estimate of drug-likeness (QED) is 0.351. The summed E-state index contributed by atoms with van der Waals surface area (Å²) in [7, 11) is 1.78. The van der Waals surface area contributed by atoms with Crippen molar-refractivity contribution in [2.24, 2.45) is 10.9 Å². The minimum Gasteiger partial charge on any atom is -0.369 e. The van der Waals surface area contributed by atoms with E-state index in [1.807, 2.05) is 18.5 Å². The lowest BCUT2D eigenvalue weighted by Crippen LogP contribution is -2.51. The molecule has 29 heavy (non-hydrogen) atoms. The zero-order valence-electron chi connectivity index (χ0n) is 17.4. The van der Waals surface area contributed by atoms with Gasteiger partial charge in [-0.2, -0.15) is 0 Å². The van der Waals surface area contributed by atoms with Gasteiger partial charge in [0, 0.05) is 50.8 Å². The number of rotatable bonds is 6. The predicted molar refractivity (Wildman–Crippen MR) is 127 cm³/mol. The van der Waals surface area contributed by atoms with E-state index < -0.39 is 0 Å². The van der Waals surface area contributed by atoms with Crippen LogP contribution < -0.4 is 15.5 Å². The van der Waals surface area contributed by atoms with Crippen LogP contribution in [0.25, 0.3) is 0 Å². The number of aromatic nitrogens is 2. The lowest BCUT2D eigenvalue weighted by Gasteiger charge is -2.35. The summed E-state index contributed by atoms with van der Waals surface area (Å²) in [6.07, 6.45) is 5.98. The molecule has 0 bridgehead atoms. The predicted octanol–water partition coefficient (Wildman–Crippen LogP) is 3.63. The van der Waals surface area contributed by atoms with Gasteiger partial charge < -0.3 is 20.1 Å². The van der Waals surface area contributed by atoms with Gasteiger partial charge in [-0.3, -0.25) is 4.99 Å². The summed E-state index contributed by atoms with van der Waals surface area (Å²) in [5.74, 6) is 2.15. The Morgan fingerprint density at radius 3 is 2.93 bits per heavy atom. The second kappa shape index (κ2) is 11.4. The molecule has 2 aromatic rings. The second-order valence-corrected chi connectivity index (χ2v) is 7.72. The van der Waals surface area contributed by atoms with Crippen LogP contribution in [0.2, 0.25) is 0 Å². The number of hydrogen-bond acceptors (Lipinski definition) is 3. The fourth-order valence-corrected chi connectivity index (χ4v) is 3.62. The summed E-state index contributed by atoms with van der Waals surface area (Å²) < 4.78 is 15.7. The normalized spacial score (nSPS) is 17.2. The third kappa shape index (κ3) is 6.87. The highest BCUT2D eigenvalue weighted by Gasteiger charge is 2.21. The molecule has 3 rings (SSSR count). The number of anilines is 1. The average Bonchev–Trinajstić information content (AvgIpc) is 3.11. The molecule has 1 aliphatic heterocycles. The molecule has 160 valence electrons. The third-order valence-electron chi connectivity index (χ3n) is 4.94. The van der Waals surface area contributed by atoms with Crippen LogP contribution in [0, 0.1) is 11.7 Å². The Hall–Kier alpha value is -1.84. The first-order valence-corrected chi connectivity index (χ1v) is 10.0. The number of nitrogens with one attached hydrogen (secondary N) is 2. The Morgan fingerprint density at radius 2 is 2.21 bits per heavy atom. The summed E-state index contributed by atoms with van der Waals surface area (Å²) in [6.45, 7) is 7.75. The van der Waals surface area contributed by atoms with Crippen molar-refractivity contribution >= 4 is 35.6 Å². The van der Waals surface area contributed by atoms with Crippen LogP contribution in [0.4, 0.5) is 10.1 Å². The molecule has 2 heterocycles. The molecule has 1 aromatic heterocycles.